The van der Waals surface area contributed by atoms with Crippen molar-refractivity contribution in [3.63, 3.8) is 0 Å². The summed E-state index contributed by atoms with van der Waals surface area (Å²) in [5.74, 6) is 1.36. The average Bonchev–Trinajstić information content (AvgIpc) is 2.54. The Bertz CT molecular complexity index is 492. The number of benzene rings is 1. The summed E-state index contributed by atoms with van der Waals surface area (Å²) in [6, 6.07) is 7.76. The fourth-order valence-corrected chi connectivity index (χ4v) is 2.74. The molecule has 0 spiro atoms. The van der Waals surface area contributed by atoms with Gasteiger partial charge in [0.15, 0.2) is 11.5 Å². The van der Waals surface area contributed by atoms with E-state index in [4.69, 9.17) is 9.47 Å². The molecule has 0 bridgehead atoms. The van der Waals surface area contributed by atoms with Gasteiger partial charge in [0.1, 0.15) is 6.61 Å². The van der Waals surface area contributed by atoms with Gasteiger partial charge in [-0.1, -0.05) is 12.1 Å². The van der Waals surface area contributed by atoms with Gasteiger partial charge in [-0.2, -0.15) is 0 Å². The minimum Gasteiger partial charge on any atom is -0.485 e. The number of likely N-dealkylation sites (N-methyl/N-ethyl adjacent to an activating group) is 1. The van der Waals surface area contributed by atoms with Crippen molar-refractivity contribution in [2.24, 2.45) is 0 Å². The van der Waals surface area contributed by atoms with Gasteiger partial charge in [0.25, 0.3) is 5.91 Å². The second-order valence-electron chi connectivity index (χ2n) is 5.29. The number of nitrogens with zero attached hydrogens (tertiary/aromatic N) is 1. The first kappa shape index (κ1) is 15.9. The lowest BCUT2D eigenvalue weighted by molar-refractivity contribution is -0.142. The number of para-hydroxylation sites is 2. The maximum atomic E-state index is 12.5. The summed E-state index contributed by atoms with van der Waals surface area (Å²) in [7, 11) is 1.86. The van der Waals surface area contributed by atoms with Crippen LogP contribution in [0.15, 0.2) is 24.3 Å². The number of ether oxygens (including phenoxy) is 2. The van der Waals surface area contributed by atoms with Crippen LogP contribution in [0.5, 0.6) is 11.5 Å². The number of piperidine rings is 1. The summed E-state index contributed by atoms with van der Waals surface area (Å²) in [4.78, 5) is 14.3. The Hall–Kier alpha value is -1.46. The van der Waals surface area contributed by atoms with Crippen LogP contribution in [-0.2, 0) is 4.79 Å². The van der Waals surface area contributed by atoms with Gasteiger partial charge in [0, 0.05) is 13.1 Å². The van der Waals surface area contributed by atoms with Gasteiger partial charge >= 0.3 is 0 Å². The number of fused-ring (bicyclic) bond motifs is 1. The second kappa shape index (κ2) is 7.00. The molecule has 6 heteroatoms. The van der Waals surface area contributed by atoms with Crippen LogP contribution >= 0.6 is 12.4 Å². The first-order chi connectivity index (χ1) is 9.75. The molecule has 1 atom stereocenters. The van der Waals surface area contributed by atoms with Gasteiger partial charge in [-0.15, -0.1) is 12.4 Å². The van der Waals surface area contributed by atoms with Crippen molar-refractivity contribution in [3.05, 3.63) is 24.3 Å². The molecule has 0 saturated carbocycles. The van der Waals surface area contributed by atoms with Crippen molar-refractivity contribution in [2.75, 3.05) is 26.7 Å². The van der Waals surface area contributed by atoms with Crippen LogP contribution < -0.4 is 14.8 Å². The lowest BCUT2D eigenvalue weighted by atomic mass is 10.0. The van der Waals surface area contributed by atoms with Crippen LogP contribution in [-0.4, -0.2) is 49.7 Å². The Labute approximate surface area is 131 Å². The molecule has 5 nitrogen and oxygen atoms in total. The normalized spacial score (nSPS) is 21.3. The van der Waals surface area contributed by atoms with E-state index < -0.39 is 6.10 Å². The van der Waals surface area contributed by atoms with E-state index in [0.717, 1.165) is 25.9 Å². The van der Waals surface area contributed by atoms with Crippen molar-refractivity contribution in [1.82, 2.24) is 10.2 Å². The van der Waals surface area contributed by atoms with Gasteiger partial charge < -0.3 is 19.7 Å². The number of halogens is 1. The molecule has 0 aliphatic carbocycles. The molecule has 1 fully saturated rings. The molecule has 2 aliphatic rings. The SMILES string of the molecule is CN(C(=O)C1COc2ccccc2O1)C1CCNCC1.Cl. The summed E-state index contributed by atoms with van der Waals surface area (Å²) in [6.07, 6.45) is 1.45. The average molecular weight is 313 g/mol. The molecule has 1 N–H and O–H groups in total. The van der Waals surface area contributed by atoms with Gasteiger partial charge in [-0.05, 0) is 38.1 Å². The highest BCUT2D eigenvalue weighted by Crippen LogP contribution is 2.31. The largest absolute Gasteiger partial charge is 0.485 e. The molecule has 21 heavy (non-hydrogen) atoms. The summed E-state index contributed by atoms with van der Waals surface area (Å²) >= 11 is 0. The third-order valence-corrected chi connectivity index (χ3v) is 3.99. The number of hydrogen-bond acceptors (Lipinski definition) is 4. The van der Waals surface area contributed by atoms with E-state index in [1.807, 2.05) is 36.2 Å². The van der Waals surface area contributed by atoms with E-state index in [2.05, 4.69) is 5.32 Å². The molecule has 0 radical (unpaired) electrons. The maximum absolute atomic E-state index is 12.5. The van der Waals surface area contributed by atoms with Gasteiger partial charge in [0.2, 0.25) is 6.10 Å². The molecule has 1 saturated heterocycles. The Morgan fingerprint density at radius 3 is 2.62 bits per heavy atom. The lowest BCUT2D eigenvalue weighted by Crippen LogP contribution is -2.51. The van der Waals surface area contributed by atoms with Crippen molar-refractivity contribution >= 4 is 18.3 Å². The Kier molecular flexibility index (Phi) is 5.31. The molecule has 2 aliphatic heterocycles. The molecule has 1 unspecified atom stereocenters. The van der Waals surface area contributed by atoms with Gasteiger partial charge in [-0.25, -0.2) is 0 Å². The quantitative estimate of drug-likeness (QED) is 0.898. The molecule has 1 aromatic carbocycles. The fourth-order valence-electron chi connectivity index (χ4n) is 2.74. The smallest absolute Gasteiger partial charge is 0.267 e. The van der Waals surface area contributed by atoms with Crippen LogP contribution in [0.2, 0.25) is 0 Å². The monoisotopic (exact) mass is 312 g/mol. The predicted molar refractivity (Wildman–Crippen MR) is 82.3 cm³/mol. The zero-order valence-corrected chi connectivity index (χ0v) is 12.9. The highest BCUT2D eigenvalue weighted by molar-refractivity contribution is 5.85. The second-order valence-corrected chi connectivity index (χ2v) is 5.29. The van der Waals surface area contributed by atoms with Crippen molar-refractivity contribution in [1.29, 1.82) is 0 Å². The first-order valence-electron chi connectivity index (χ1n) is 7.11. The Morgan fingerprint density at radius 1 is 1.24 bits per heavy atom. The fraction of sp³-hybridized carbons (Fsp3) is 0.533. The van der Waals surface area contributed by atoms with E-state index in [9.17, 15) is 4.79 Å². The van der Waals surface area contributed by atoms with Gasteiger partial charge in [0.05, 0.1) is 0 Å². The number of rotatable bonds is 2. The first-order valence-corrected chi connectivity index (χ1v) is 7.11. The number of amides is 1. The van der Waals surface area contributed by atoms with Crippen molar-refractivity contribution in [2.45, 2.75) is 25.0 Å². The van der Waals surface area contributed by atoms with Gasteiger partial charge in [-0.3, -0.25) is 4.79 Å². The Balaban J connectivity index is 0.00000161. The van der Waals surface area contributed by atoms with E-state index in [-0.39, 0.29) is 24.9 Å². The maximum Gasteiger partial charge on any atom is 0.267 e. The minimum absolute atomic E-state index is 0. The molecule has 1 amide bonds. The zero-order valence-electron chi connectivity index (χ0n) is 12.1. The number of carbonyl (C=O) groups is 1. The Morgan fingerprint density at radius 2 is 1.90 bits per heavy atom. The highest BCUT2D eigenvalue weighted by Gasteiger charge is 2.32. The van der Waals surface area contributed by atoms with Crippen LogP contribution in [0.4, 0.5) is 0 Å². The third kappa shape index (κ3) is 3.41. The molecule has 116 valence electrons. The lowest BCUT2D eigenvalue weighted by Gasteiger charge is -2.35. The van der Waals surface area contributed by atoms with Crippen LogP contribution in [0.1, 0.15) is 12.8 Å². The highest BCUT2D eigenvalue weighted by atomic mass is 35.5. The van der Waals surface area contributed by atoms with E-state index in [1.165, 1.54) is 0 Å². The minimum atomic E-state index is -0.537. The topological polar surface area (TPSA) is 50.8 Å². The number of nitrogens with one attached hydrogen (secondary N) is 1. The summed E-state index contributed by atoms with van der Waals surface area (Å²) in [6.45, 7) is 2.21. The van der Waals surface area contributed by atoms with Crippen molar-refractivity contribution < 1.29 is 14.3 Å². The molecular weight excluding hydrogens is 292 g/mol. The molecule has 2 heterocycles. The van der Waals surface area contributed by atoms with Crippen LogP contribution in [0, 0.1) is 0 Å². The standard InChI is InChI=1S/C15H20N2O3.ClH/c1-17(11-6-8-16-9-7-11)15(18)14-10-19-12-4-2-3-5-13(12)20-14;/h2-5,11,14,16H,6-10H2,1H3;1H. The van der Waals surface area contributed by atoms with E-state index in [1.54, 1.807) is 0 Å². The molecular formula is C15H21ClN2O3. The predicted octanol–water partition coefficient (Wildman–Crippen LogP) is 1.46. The molecule has 3 rings (SSSR count). The van der Waals surface area contributed by atoms with Crippen LogP contribution in [0.3, 0.4) is 0 Å². The summed E-state index contributed by atoms with van der Waals surface area (Å²) in [5, 5.41) is 3.31. The van der Waals surface area contributed by atoms with E-state index >= 15 is 0 Å². The molecule has 0 aromatic heterocycles. The summed E-state index contributed by atoms with van der Waals surface area (Å²) < 4.78 is 11.4. The number of carbonyl (C=O) groups excluding carboxylic acids is 1. The zero-order chi connectivity index (χ0) is 13.9. The third-order valence-electron chi connectivity index (χ3n) is 3.99. The van der Waals surface area contributed by atoms with E-state index in [0.29, 0.717) is 17.5 Å². The van der Waals surface area contributed by atoms with Crippen LogP contribution in [0.25, 0.3) is 0 Å². The van der Waals surface area contributed by atoms with Crippen molar-refractivity contribution in [3.8, 4) is 11.5 Å². The molecule has 1 aromatic rings. The number of hydrogen-bond donors (Lipinski definition) is 1. The summed E-state index contributed by atoms with van der Waals surface area (Å²) in [5.41, 5.74) is 0.